The van der Waals surface area contributed by atoms with Gasteiger partial charge in [-0.05, 0) is 12.1 Å². The summed E-state index contributed by atoms with van der Waals surface area (Å²) in [4.78, 5) is 20.4. The Bertz CT molecular complexity index is 777. The number of carboxylic acids is 1. The number of fused-ring (bicyclic) bond motifs is 1. The second-order valence-electron chi connectivity index (χ2n) is 6.36. The van der Waals surface area contributed by atoms with Crippen LogP contribution in [-0.4, -0.2) is 77.8 Å². The van der Waals surface area contributed by atoms with Crippen LogP contribution in [-0.2, 0) is 9.53 Å². The molecule has 2 aromatic rings. The predicted molar refractivity (Wildman–Crippen MR) is 99.2 cm³/mol. The van der Waals surface area contributed by atoms with Gasteiger partial charge in [-0.25, -0.2) is 4.98 Å². The fourth-order valence-corrected chi connectivity index (χ4v) is 2.91. The molecule has 0 bridgehead atoms. The average Bonchev–Trinajstić information content (AvgIpc) is 3.06. The molecule has 4 rings (SSSR count). The topological polar surface area (TPSA) is 117 Å². The Labute approximate surface area is 156 Å². The summed E-state index contributed by atoms with van der Waals surface area (Å²) < 4.78 is 11.2. The van der Waals surface area contributed by atoms with Crippen molar-refractivity contribution < 1.29 is 24.5 Å². The number of para-hydroxylation sites is 1. The molecule has 1 aromatic carbocycles. The van der Waals surface area contributed by atoms with Gasteiger partial charge in [-0.2, -0.15) is 4.98 Å². The SMILES string of the molecule is CC(=O)O.O[C@H]1COC[C@@H]1Oc1nc(N2CCNCC2)nc2ccccc12. The molecule has 3 N–H and O–H groups in total. The van der Waals surface area contributed by atoms with E-state index in [4.69, 9.17) is 19.4 Å². The van der Waals surface area contributed by atoms with Crippen LogP contribution in [0.3, 0.4) is 0 Å². The maximum Gasteiger partial charge on any atom is 0.300 e. The van der Waals surface area contributed by atoms with Crippen LogP contribution in [0, 0.1) is 0 Å². The van der Waals surface area contributed by atoms with Gasteiger partial charge in [0.2, 0.25) is 11.8 Å². The van der Waals surface area contributed by atoms with Gasteiger partial charge in [0.15, 0.2) is 6.10 Å². The zero-order valence-electron chi connectivity index (χ0n) is 15.2. The van der Waals surface area contributed by atoms with E-state index in [2.05, 4.69) is 20.2 Å². The van der Waals surface area contributed by atoms with E-state index in [-0.39, 0.29) is 6.10 Å². The molecule has 1 aromatic heterocycles. The first-order chi connectivity index (χ1) is 13.0. The van der Waals surface area contributed by atoms with Gasteiger partial charge in [0.05, 0.1) is 24.1 Å². The van der Waals surface area contributed by atoms with Gasteiger partial charge in [-0.15, -0.1) is 0 Å². The quantitative estimate of drug-likeness (QED) is 0.694. The number of aromatic nitrogens is 2. The summed E-state index contributed by atoms with van der Waals surface area (Å²) in [5, 5.41) is 21.5. The van der Waals surface area contributed by atoms with Crippen LogP contribution >= 0.6 is 0 Å². The highest BCUT2D eigenvalue weighted by Crippen LogP contribution is 2.27. The van der Waals surface area contributed by atoms with Crippen molar-refractivity contribution in [2.45, 2.75) is 19.1 Å². The molecule has 2 aliphatic heterocycles. The molecule has 2 aliphatic rings. The molecule has 0 aliphatic carbocycles. The molecule has 9 nitrogen and oxygen atoms in total. The van der Waals surface area contributed by atoms with E-state index in [1.54, 1.807) is 0 Å². The Morgan fingerprint density at radius 3 is 2.63 bits per heavy atom. The van der Waals surface area contributed by atoms with Crippen LogP contribution in [0.15, 0.2) is 24.3 Å². The number of piperazine rings is 1. The van der Waals surface area contributed by atoms with Crippen molar-refractivity contribution in [3.63, 3.8) is 0 Å². The van der Waals surface area contributed by atoms with Crippen LogP contribution in [0.5, 0.6) is 5.88 Å². The smallest absolute Gasteiger partial charge is 0.300 e. The molecule has 2 saturated heterocycles. The molecule has 9 heteroatoms. The van der Waals surface area contributed by atoms with Gasteiger partial charge in [-0.3, -0.25) is 4.79 Å². The minimum Gasteiger partial charge on any atom is -0.481 e. The van der Waals surface area contributed by atoms with Gasteiger partial charge in [0, 0.05) is 33.1 Å². The van der Waals surface area contributed by atoms with Gasteiger partial charge < -0.3 is 29.9 Å². The molecule has 0 spiro atoms. The molecule has 0 amide bonds. The Morgan fingerprint density at radius 1 is 1.26 bits per heavy atom. The normalized spacial score (nSPS) is 22.2. The van der Waals surface area contributed by atoms with Gasteiger partial charge in [0.25, 0.3) is 5.97 Å². The van der Waals surface area contributed by atoms with E-state index in [0.29, 0.717) is 25.0 Å². The molecule has 0 radical (unpaired) electrons. The van der Waals surface area contributed by atoms with E-state index in [1.165, 1.54) is 0 Å². The third-order valence-electron chi connectivity index (χ3n) is 4.22. The first kappa shape index (κ1) is 19.3. The van der Waals surface area contributed by atoms with Gasteiger partial charge in [0.1, 0.15) is 6.10 Å². The number of aliphatic carboxylic acids is 1. The number of ether oxygens (including phenoxy) is 2. The number of nitrogens with zero attached hydrogens (tertiary/aromatic N) is 3. The lowest BCUT2D eigenvalue weighted by molar-refractivity contribution is -0.134. The average molecular weight is 376 g/mol. The minimum atomic E-state index is -0.833. The van der Waals surface area contributed by atoms with Crippen LogP contribution in [0.2, 0.25) is 0 Å². The Hall–Kier alpha value is -2.49. The largest absolute Gasteiger partial charge is 0.481 e. The van der Waals surface area contributed by atoms with E-state index in [0.717, 1.165) is 44.0 Å². The number of rotatable bonds is 3. The molecule has 0 saturated carbocycles. The number of anilines is 1. The fourth-order valence-electron chi connectivity index (χ4n) is 2.91. The van der Waals surface area contributed by atoms with Crippen molar-refractivity contribution in [3.8, 4) is 5.88 Å². The lowest BCUT2D eigenvalue weighted by Crippen LogP contribution is -2.44. The Balaban J connectivity index is 0.000000481. The second kappa shape index (κ2) is 8.94. The molecule has 2 atom stereocenters. The summed E-state index contributed by atoms with van der Waals surface area (Å²) in [5.74, 6) is 0.354. The van der Waals surface area contributed by atoms with Gasteiger partial charge in [-0.1, -0.05) is 12.1 Å². The highest BCUT2D eigenvalue weighted by atomic mass is 16.6. The van der Waals surface area contributed by atoms with Crippen molar-refractivity contribution >= 4 is 22.8 Å². The Morgan fingerprint density at radius 2 is 1.96 bits per heavy atom. The van der Waals surface area contributed by atoms with Crippen molar-refractivity contribution in [1.82, 2.24) is 15.3 Å². The van der Waals surface area contributed by atoms with Crippen LogP contribution in [0.4, 0.5) is 5.95 Å². The fraction of sp³-hybridized carbons (Fsp3) is 0.500. The summed E-state index contributed by atoms with van der Waals surface area (Å²) in [5.41, 5.74) is 0.847. The predicted octanol–water partition coefficient (Wildman–Crippen LogP) is 0.269. The van der Waals surface area contributed by atoms with E-state index in [1.807, 2.05) is 24.3 Å². The van der Waals surface area contributed by atoms with Crippen LogP contribution in [0.1, 0.15) is 6.92 Å². The molecular formula is C18H24N4O5. The second-order valence-corrected chi connectivity index (χ2v) is 6.36. The van der Waals surface area contributed by atoms with Crippen LogP contribution < -0.4 is 15.0 Å². The third kappa shape index (κ3) is 5.03. The first-order valence-corrected chi connectivity index (χ1v) is 8.89. The number of carbonyl (C=O) groups is 1. The number of carboxylic acid groups (broad SMARTS) is 1. The highest BCUT2D eigenvalue weighted by molar-refractivity contribution is 5.84. The van der Waals surface area contributed by atoms with Crippen molar-refractivity contribution in [2.75, 3.05) is 44.3 Å². The molecule has 146 valence electrons. The zero-order chi connectivity index (χ0) is 19.2. The lowest BCUT2D eigenvalue weighted by atomic mass is 10.2. The molecule has 3 heterocycles. The molecular weight excluding hydrogens is 352 g/mol. The highest BCUT2D eigenvalue weighted by Gasteiger charge is 2.29. The zero-order valence-corrected chi connectivity index (χ0v) is 15.2. The number of benzene rings is 1. The number of aliphatic hydroxyl groups excluding tert-OH is 1. The summed E-state index contributed by atoms with van der Waals surface area (Å²) in [6, 6.07) is 7.78. The van der Waals surface area contributed by atoms with Crippen LogP contribution in [0.25, 0.3) is 10.9 Å². The molecule has 2 fully saturated rings. The minimum absolute atomic E-state index is 0.304. The molecule has 0 unspecified atom stereocenters. The van der Waals surface area contributed by atoms with Crippen molar-refractivity contribution in [3.05, 3.63) is 24.3 Å². The number of aliphatic hydroxyl groups is 1. The maximum atomic E-state index is 9.93. The number of nitrogens with one attached hydrogen (secondary N) is 1. The third-order valence-corrected chi connectivity index (χ3v) is 4.22. The standard InChI is InChI=1S/C16H20N4O3.C2H4O2/c21-13-9-22-10-14(13)23-15-11-3-1-2-4-12(11)18-16(19-15)20-7-5-17-6-8-20;1-2(3)4/h1-4,13-14,17,21H,5-10H2;1H3,(H,3,4)/t13-,14-;/m0./s1. The number of hydrogen-bond donors (Lipinski definition) is 3. The van der Waals surface area contributed by atoms with E-state index in [9.17, 15) is 5.11 Å². The Kier molecular flexibility index (Phi) is 6.38. The maximum absolute atomic E-state index is 9.93. The van der Waals surface area contributed by atoms with Crippen molar-refractivity contribution in [2.24, 2.45) is 0 Å². The summed E-state index contributed by atoms with van der Waals surface area (Å²) in [6.45, 7) is 5.34. The first-order valence-electron chi connectivity index (χ1n) is 8.89. The number of hydrogen-bond acceptors (Lipinski definition) is 8. The summed E-state index contributed by atoms with van der Waals surface area (Å²) in [6.07, 6.45) is -1.00. The monoisotopic (exact) mass is 376 g/mol. The summed E-state index contributed by atoms with van der Waals surface area (Å²) in [7, 11) is 0. The van der Waals surface area contributed by atoms with Gasteiger partial charge >= 0.3 is 0 Å². The van der Waals surface area contributed by atoms with E-state index >= 15 is 0 Å². The van der Waals surface area contributed by atoms with E-state index < -0.39 is 12.1 Å². The van der Waals surface area contributed by atoms with Crippen molar-refractivity contribution in [1.29, 1.82) is 0 Å². The summed E-state index contributed by atoms with van der Waals surface area (Å²) >= 11 is 0. The lowest BCUT2D eigenvalue weighted by Gasteiger charge is -2.28. The molecule has 27 heavy (non-hydrogen) atoms.